The second-order valence-electron chi connectivity index (χ2n) is 5.14. The van der Waals surface area contributed by atoms with Crippen molar-refractivity contribution >= 4 is 12.1 Å². The van der Waals surface area contributed by atoms with Gasteiger partial charge in [-0.15, -0.1) is 0 Å². The molecule has 0 heterocycles. The van der Waals surface area contributed by atoms with Crippen molar-refractivity contribution in [3.8, 4) is 28.3 Å². The van der Waals surface area contributed by atoms with Gasteiger partial charge < -0.3 is 5.32 Å². The van der Waals surface area contributed by atoms with Crippen LogP contribution in [0.5, 0.6) is 0 Å². The van der Waals surface area contributed by atoms with E-state index in [0.717, 1.165) is 5.56 Å². The molecule has 0 aliphatic heterocycles. The fourth-order valence-corrected chi connectivity index (χ4v) is 2.66. The normalized spacial score (nSPS) is 10.0. The van der Waals surface area contributed by atoms with Gasteiger partial charge in [0.25, 0.3) is 0 Å². The third-order valence-corrected chi connectivity index (χ3v) is 3.76. The quantitative estimate of drug-likeness (QED) is 0.715. The Morgan fingerprint density at radius 3 is 2.33 bits per heavy atom. The Balaban J connectivity index is 2.30. The van der Waals surface area contributed by atoms with Crippen LogP contribution in [-0.4, -0.2) is 6.41 Å². The van der Waals surface area contributed by atoms with Crippen molar-refractivity contribution in [2.45, 2.75) is 0 Å². The van der Waals surface area contributed by atoms with Crippen LogP contribution in [0.3, 0.4) is 0 Å². The molecule has 0 saturated heterocycles. The van der Waals surface area contributed by atoms with Crippen molar-refractivity contribution in [1.82, 2.24) is 0 Å². The molecule has 0 saturated carbocycles. The van der Waals surface area contributed by atoms with Crippen LogP contribution in [0.1, 0.15) is 5.56 Å². The molecule has 0 atom stereocenters. The SMILES string of the molecule is N#Cc1ccccc1-c1c(NC=O)ccc(-c2ccccc2)c1F. The summed E-state index contributed by atoms with van der Waals surface area (Å²) in [5, 5.41) is 11.8. The minimum absolute atomic E-state index is 0.209. The number of nitriles is 1. The molecule has 0 aliphatic rings. The maximum absolute atomic E-state index is 15.3. The second kappa shape index (κ2) is 6.76. The summed E-state index contributed by atoms with van der Waals surface area (Å²) < 4.78 is 15.3. The van der Waals surface area contributed by atoms with Crippen LogP contribution in [0.25, 0.3) is 22.3 Å². The third-order valence-electron chi connectivity index (χ3n) is 3.76. The fourth-order valence-electron chi connectivity index (χ4n) is 2.66. The fraction of sp³-hybridized carbons (Fsp3) is 0. The van der Waals surface area contributed by atoms with Crippen molar-refractivity contribution in [3.05, 3.63) is 78.1 Å². The summed E-state index contributed by atoms with van der Waals surface area (Å²) in [6, 6.07) is 21.2. The molecule has 0 aliphatic carbocycles. The third kappa shape index (κ3) is 2.75. The van der Waals surface area contributed by atoms with Gasteiger partial charge in [0.05, 0.1) is 17.3 Å². The molecule has 0 bridgehead atoms. The van der Waals surface area contributed by atoms with Crippen LogP contribution in [-0.2, 0) is 4.79 Å². The predicted octanol–water partition coefficient (Wildman–Crippen LogP) is 4.60. The topological polar surface area (TPSA) is 52.9 Å². The van der Waals surface area contributed by atoms with E-state index < -0.39 is 5.82 Å². The highest BCUT2D eigenvalue weighted by molar-refractivity contribution is 5.90. The van der Waals surface area contributed by atoms with Crippen LogP contribution >= 0.6 is 0 Å². The predicted molar refractivity (Wildman–Crippen MR) is 91.7 cm³/mol. The second-order valence-corrected chi connectivity index (χ2v) is 5.14. The highest BCUT2D eigenvalue weighted by atomic mass is 19.1. The molecule has 1 amide bonds. The van der Waals surface area contributed by atoms with E-state index in [9.17, 15) is 10.1 Å². The number of halogens is 1. The summed E-state index contributed by atoms with van der Waals surface area (Å²) in [7, 11) is 0. The van der Waals surface area contributed by atoms with Crippen molar-refractivity contribution in [2.75, 3.05) is 5.32 Å². The van der Waals surface area contributed by atoms with Gasteiger partial charge in [0.1, 0.15) is 5.82 Å². The standard InChI is InChI=1S/C20H13FN2O/c21-20-17(14-6-2-1-3-7-14)10-11-18(23-13-24)19(20)16-9-5-4-8-15(16)12-22/h1-11,13H,(H,23,24). The van der Waals surface area contributed by atoms with Gasteiger partial charge in [0.15, 0.2) is 0 Å². The molecular weight excluding hydrogens is 303 g/mol. The Hall–Kier alpha value is -3.45. The highest BCUT2D eigenvalue weighted by Crippen LogP contribution is 2.37. The van der Waals surface area contributed by atoms with Gasteiger partial charge in [0.2, 0.25) is 6.41 Å². The molecule has 0 radical (unpaired) electrons. The smallest absolute Gasteiger partial charge is 0.211 e. The van der Waals surface area contributed by atoms with E-state index in [1.807, 2.05) is 30.3 Å². The average molecular weight is 316 g/mol. The average Bonchev–Trinajstić information content (AvgIpc) is 2.63. The molecule has 3 aromatic rings. The first-order valence-electron chi connectivity index (χ1n) is 7.34. The molecule has 0 spiro atoms. The molecule has 3 nitrogen and oxygen atoms in total. The highest BCUT2D eigenvalue weighted by Gasteiger charge is 2.18. The van der Waals surface area contributed by atoms with Crippen LogP contribution in [0.15, 0.2) is 66.7 Å². The van der Waals surface area contributed by atoms with E-state index in [-0.39, 0.29) is 5.56 Å². The summed E-state index contributed by atoms with van der Waals surface area (Å²) in [5.41, 5.74) is 2.46. The lowest BCUT2D eigenvalue weighted by molar-refractivity contribution is -0.105. The molecule has 4 heteroatoms. The van der Waals surface area contributed by atoms with Gasteiger partial charge in [-0.25, -0.2) is 4.39 Å². The summed E-state index contributed by atoms with van der Waals surface area (Å²) in [4.78, 5) is 10.9. The molecular formula is C20H13FN2O. The largest absolute Gasteiger partial charge is 0.328 e. The maximum atomic E-state index is 15.3. The number of rotatable bonds is 4. The summed E-state index contributed by atoms with van der Waals surface area (Å²) in [6.07, 6.45) is 0.495. The van der Waals surface area contributed by atoms with E-state index in [2.05, 4.69) is 11.4 Å². The Kier molecular flexibility index (Phi) is 4.35. The summed E-state index contributed by atoms with van der Waals surface area (Å²) in [5.74, 6) is -0.476. The van der Waals surface area contributed by atoms with E-state index in [4.69, 9.17) is 0 Å². The molecule has 24 heavy (non-hydrogen) atoms. The number of hydrogen-bond donors (Lipinski definition) is 1. The van der Waals surface area contributed by atoms with Gasteiger partial charge in [0, 0.05) is 16.7 Å². The number of carbonyl (C=O) groups excluding carboxylic acids is 1. The van der Waals surface area contributed by atoms with E-state index in [1.54, 1.807) is 36.4 Å². The number of anilines is 1. The van der Waals surface area contributed by atoms with Crippen molar-refractivity contribution < 1.29 is 9.18 Å². The Morgan fingerprint density at radius 1 is 0.917 bits per heavy atom. The first-order chi connectivity index (χ1) is 11.8. The minimum atomic E-state index is -0.476. The van der Waals surface area contributed by atoms with Crippen molar-refractivity contribution in [1.29, 1.82) is 5.26 Å². The number of nitrogens with zero attached hydrogens (tertiary/aromatic N) is 1. The number of amides is 1. The molecule has 1 N–H and O–H groups in total. The summed E-state index contributed by atoms with van der Waals surface area (Å²) >= 11 is 0. The molecule has 3 rings (SSSR count). The van der Waals surface area contributed by atoms with Crippen molar-refractivity contribution in [3.63, 3.8) is 0 Å². The molecule has 0 aromatic heterocycles. The zero-order chi connectivity index (χ0) is 16.9. The molecule has 3 aromatic carbocycles. The van der Waals surface area contributed by atoms with Gasteiger partial charge in [-0.1, -0.05) is 48.5 Å². The lowest BCUT2D eigenvalue weighted by atomic mass is 9.94. The van der Waals surface area contributed by atoms with Gasteiger partial charge in [-0.05, 0) is 23.8 Å². The van der Waals surface area contributed by atoms with E-state index in [1.165, 1.54) is 0 Å². The number of nitrogens with one attached hydrogen (secondary N) is 1. The number of hydrogen-bond acceptors (Lipinski definition) is 2. The zero-order valence-corrected chi connectivity index (χ0v) is 12.7. The zero-order valence-electron chi connectivity index (χ0n) is 12.7. The van der Waals surface area contributed by atoms with Crippen LogP contribution in [0.4, 0.5) is 10.1 Å². The molecule has 116 valence electrons. The first kappa shape index (κ1) is 15.4. The van der Waals surface area contributed by atoms with Crippen molar-refractivity contribution in [2.24, 2.45) is 0 Å². The van der Waals surface area contributed by atoms with E-state index >= 15 is 4.39 Å². The molecule has 0 fully saturated rings. The van der Waals surface area contributed by atoms with Gasteiger partial charge in [-0.3, -0.25) is 4.79 Å². The first-order valence-corrected chi connectivity index (χ1v) is 7.34. The Labute approximate surface area is 139 Å². The van der Waals surface area contributed by atoms with Gasteiger partial charge >= 0.3 is 0 Å². The monoisotopic (exact) mass is 316 g/mol. The van der Waals surface area contributed by atoms with Crippen LogP contribution in [0, 0.1) is 17.1 Å². The Morgan fingerprint density at radius 2 is 1.62 bits per heavy atom. The lowest BCUT2D eigenvalue weighted by Crippen LogP contribution is -2.01. The number of carbonyl (C=O) groups is 1. The summed E-state index contributed by atoms with van der Waals surface area (Å²) in [6.45, 7) is 0. The number of benzene rings is 3. The Bertz CT molecular complexity index is 930. The lowest BCUT2D eigenvalue weighted by Gasteiger charge is -2.14. The minimum Gasteiger partial charge on any atom is -0.328 e. The maximum Gasteiger partial charge on any atom is 0.211 e. The van der Waals surface area contributed by atoms with Gasteiger partial charge in [-0.2, -0.15) is 5.26 Å². The molecule has 0 unspecified atom stereocenters. The van der Waals surface area contributed by atoms with Crippen LogP contribution in [0.2, 0.25) is 0 Å². The van der Waals surface area contributed by atoms with E-state index in [0.29, 0.717) is 28.8 Å². The van der Waals surface area contributed by atoms with Crippen LogP contribution < -0.4 is 5.32 Å².